The summed E-state index contributed by atoms with van der Waals surface area (Å²) in [4.78, 5) is 45.4. The normalized spacial score (nSPS) is 17.9. The van der Waals surface area contributed by atoms with Crippen LogP contribution in [-0.4, -0.2) is 58.7 Å². The van der Waals surface area contributed by atoms with Crippen molar-refractivity contribution < 1.29 is 18.8 Å². The van der Waals surface area contributed by atoms with Crippen molar-refractivity contribution in [3.8, 4) is 0 Å². The van der Waals surface area contributed by atoms with Gasteiger partial charge in [0.1, 0.15) is 5.41 Å². The number of hydrogen-bond donors (Lipinski definition) is 1. The minimum atomic E-state index is -0.949. The van der Waals surface area contributed by atoms with Crippen LogP contribution in [0.2, 0.25) is 0 Å². The largest absolute Gasteiger partial charge is 0.459 e. The summed E-state index contributed by atoms with van der Waals surface area (Å²) in [6, 6.07) is 6.99. The molecule has 1 N–H and O–H groups in total. The van der Waals surface area contributed by atoms with Gasteiger partial charge in [-0.25, -0.2) is 0 Å². The van der Waals surface area contributed by atoms with Crippen molar-refractivity contribution >= 4 is 17.7 Å². The van der Waals surface area contributed by atoms with E-state index in [-0.39, 0.29) is 17.7 Å². The van der Waals surface area contributed by atoms with Crippen LogP contribution in [0.1, 0.15) is 29.0 Å². The molecule has 1 aliphatic carbocycles. The van der Waals surface area contributed by atoms with E-state index in [0.29, 0.717) is 51.3 Å². The average Bonchev–Trinajstić information content (AvgIpc) is 3.38. The molecule has 1 aliphatic heterocycles. The van der Waals surface area contributed by atoms with Crippen molar-refractivity contribution in [2.75, 3.05) is 26.2 Å². The van der Waals surface area contributed by atoms with Crippen molar-refractivity contribution in [3.05, 3.63) is 54.2 Å². The van der Waals surface area contributed by atoms with Gasteiger partial charge in [0.15, 0.2) is 5.76 Å². The van der Waals surface area contributed by atoms with Crippen LogP contribution < -0.4 is 5.32 Å². The monoisotopic (exact) mass is 382 g/mol. The van der Waals surface area contributed by atoms with Crippen molar-refractivity contribution in [2.45, 2.75) is 19.4 Å². The van der Waals surface area contributed by atoms with Gasteiger partial charge in [-0.3, -0.25) is 19.4 Å². The van der Waals surface area contributed by atoms with Gasteiger partial charge in [-0.05, 0) is 36.6 Å². The zero-order valence-corrected chi connectivity index (χ0v) is 15.5. The summed E-state index contributed by atoms with van der Waals surface area (Å²) in [6.45, 7) is 2.05. The van der Waals surface area contributed by atoms with Gasteiger partial charge < -0.3 is 19.5 Å². The summed E-state index contributed by atoms with van der Waals surface area (Å²) in [5.74, 6) is -0.239. The van der Waals surface area contributed by atoms with Gasteiger partial charge in [-0.1, -0.05) is 6.07 Å². The quantitative estimate of drug-likeness (QED) is 0.780. The third-order valence-electron chi connectivity index (χ3n) is 5.36. The van der Waals surface area contributed by atoms with Gasteiger partial charge in [-0.15, -0.1) is 0 Å². The van der Waals surface area contributed by atoms with E-state index < -0.39 is 5.41 Å². The van der Waals surface area contributed by atoms with Gasteiger partial charge >= 0.3 is 0 Å². The zero-order chi connectivity index (χ0) is 19.6. The van der Waals surface area contributed by atoms with Crippen LogP contribution >= 0.6 is 0 Å². The smallest absolute Gasteiger partial charge is 0.289 e. The van der Waals surface area contributed by atoms with E-state index >= 15 is 0 Å². The van der Waals surface area contributed by atoms with Crippen LogP contribution in [-0.2, 0) is 16.1 Å². The van der Waals surface area contributed by atoms with Crippen molar-refractivity contribution in [1.82, 2.24) is 20.1 Å². The van der Waals surface area contributed by atoms with E-state index in [1.165, 1.54) is 6.26 Å². The number of hydrogen-bond acceptors (Lipinski definition) is 5. The fourth-order valence-electron chi connectivity index (χ4n) is 3.49. The van der Waals surface area contributed by atoms with Gasteiger partial charge in [0.05, 0.1) is 6.26 Å². The molecule has 8 nitrogen and oxygen atoms in total. The molecule has 2 aliphatic rings. The molecule has 2 fully saturated rings. The molecule has 2 aromatic heterocycles. The van der Waals surface area contributed by atoms with Crippen LogP contribution in [0, 0.1) is 5.41 Å². The van der Waals surface area contributed by atoms with Gasteiger partial charge in [-0.2, -0.15) is 0 Å². The second kappa shape index (κ2) is 7.46. The number of pyridine rings is 1. The first-order valence-corrected chi connectivity index (χ1v) is 9.39. The topological polar surface area (TPSA) is 95.8 Å². The Labute approximate surface area is 162 Å². The van der Waals surface area contributed by atoms with Crippen LogP contribution in [0.4, 0.5) is 0 Å². The molecule has 4 rings (SSSR count). The van der Waals surface area contributed by atoms with E-state index in [1.807, 2.05) is 12.1 Å². The molecule has 8 heteroatoms. The lowest BCUT2D eigenvalue weighted by molar-refractivity contribution is -0.145. The Morgan fingerprint density at radius 2 is 1.82 bits per heavy atom. The van der Waals surface area contributed by atoms with Crippen molar-refractivity contribution in [2.24, 2.45) is 5.41 Å². The highest BCUT2D eigenvalue weighted by atomic mass is 16.3. The number of furan rings is 1. The zero-order valence-electron chi connectivity index (χ0n) is 15.5. The number of aromatic nitrogens is 1. The molecule has 2 aromatic rings. The summed E-state index contributed by atoms with van der Waals surface area (Å²) >= 11 is 0. The second-order valence-corrected chi connectivity index (χ2v) is 7.19. The van der Waals surface area contributed by atoms with Gasteiger partial charge in [0.25, 0.3) is 5.91 Å². The summed E-state index contributed by atoms with van der Waals surface area (Å²) in [7, 11) is 0. The van der Waals surface area contributed by atoms with E-state index in [1.54, 1.807) is 34.3 Å². The molecule has 0 aromatic carbocycles. The molecule has 0 radical (unpaired) electrons. The number of nitrogens with zero attached hydrogens (tertiary/aromatic N) is 3. The SMILES string of the molecule is O=C(c1ccco1)N1CCN(C(=O)C2(C(=O)NCc3cccnc3)CC2)CC1. The lowest BCUT2D eigenvalue weighted by atomic mass is 10.0. The Kier molecular flexibility index (Phi) is 4.85. The molecule has 1 saturated heterocycles. The number of piperazine rings is 1. The minimum absolute atomic E-state index is 0.138. The molecule has 28 heavy (non-hydrogen) atoms. The Hall–Kier alpha value is -3.16. The second-order valence-electron chi connectivity index (χ2n) is 7.19. The molecule has 146 valence electrons. The fraction of sp³-hybridized carbons (Fsp3) is 0.400. The van der Waals surface area contributed by atoms with E-state index in [4.69, 9.17) is 4.42 Å². The van der Waals surface area contributed by atoms with E-state index in [0.717, 1.165) is 5.56 Å². The molecular formula is C20H22N4O4. The third kappa shape index (κ3) is 3.49. The highest BCUT2D eigenvalue weighted by Gasteiger charge is 2.58. The lowest BCUT2D eigenvalue weighted by Crippen LogP contribution is -2.54. The predicted molar refractivity (Wildman–Crippen MR) is 98.9 cm³/mol. The standard InChI is InChI=1S/C20H22N4O4/c25-17(16-4-2-12-28-16)23-8-10-24(11-9-23)19(27)20(5-6-20)18(26)22-14-15-3-1-7-21-13-15/h1-4,7,12-13H,5-6,8-11,14H2,(H,22,26). The molecule has 0 atom stereocenters. The first-order valence-electron chi connectivity index (χ1n) is 9.39. The van der Waals surface area contributed by atoms with E-state index in [9.17, 15) is 14.4 Å². The van der Waals surface area contributed by atoms with Crippen LogP contribution in [0.15, 0.2) is 47.3 Å². The van der Waals surface area contributed by atoms with Crippen LogP contribution in [0.5, 0.6) is 0 Å². The highest BCUT2D eigenvalue weighted by Crippen LogP contribution is 2.47. The number of carbonyl (C=O) groups is 3. The Morgan fingerprint density at radius 3 is 2.43 bits per heavy atom. The summed E-state index contributed by atoms with van der Waals surface area (Å²) in [5, 5.41) is 2.86. The fourth-order valence-corrected chi connectivity index (χ4v) is 3.49. The van der Waals surface area contributed by atoms with Crippen molar-refractivity contribution in [3.63, 3.8) is 0 Å². The molecule has 0 bridgehead atoms. The average molecular weight is 382 g/mol. The molecule has 1 saturated carbocycles. The first-order chi connectivity index (χ1) is 13.6. The Bertz CT molecular complexity index is 854. The Balaban J connectivity index is 1.32. The molecular weight excluding hydrogens is 360 g/mol. The summed E-state index contributed by atoms with van der Waals surface area (Å²) in [5.41, 5.74) is -0.0563. The molecule has 0 unspecified atom stereocenters. The summed E-state index contributed by atoms with van der Waals surface area (Å²) < 4.78 is 5.15. The number of carbonyl (C=O) groups excluding carboxylic acids is 3. The van der Waals surface area contributed by atoms with E-state index in [2.05, 4.69) is 10.3 Å². The summed E-state index contributed by atoms with van der Waals surface area (Å²) in [6.07, 6.45) is 5.96. The predicted octanol–water partition coefficient (Wildman–Crippen LogP) is 1.06. The molecule has 3 heterocycles. The third-order valence-corrected chi connectivity index (χ3v) is 5.36. The van der Waals surface area contributed by atoms with Crippen molar-refractivity contribution in [1.29, 1.82) is 0 Å². The molecule has 0 spiro atoms. The minimum Gasteiger partial charge on any atom is -0.459 e. The highest BCUT2D eigenvalue weighted by molar-refractivity contribution is 6.08. The maximum atomic E-state index is 13.0. The number of rotatable bonds is 5. The van der Waals surface area contributed by atoms with Gasteiger partial charge in [0, 0.05) is 45.1 Å². The lowest BCUT2D eigenvalue weighted by Gasteiger charge is -2.36. The number of nitrogens with one attached hydrogen (secondary N) is 1. The Morgan fingerprint density at radius 1 is 1.07 bits per heavy atom. The van der Waals surface area contributed by atoms with Crippen LogP contribution in [0.25, 0.3) is 0 Å². The number of amides is 3. The maximum Gasteiger partial charge on any atom is 0.289 e. The van der Waals surface area contributed by atoms with Crippen LogP contribution in [0.3, 0.4) is 0 Å². The van der Waals surface area contributed by atoms with Gasteiger partial charge in [0.2, 0.25) is 11.8 Å². The maximum absolute atomic E-state index is 13.0. The first kappa shape index (κ1) is 18.2. The molecule has 3 amide bonds.